The Morgan fingerprint density at radius 1 is 1.38 bits per heavy atom. The Morgan fingerprint density at radius 3 is 2.56 bits per heavy atom. The minimum Gasteiger partial charge on any atom is -0.507 e. The van der Waals surface area contributed by atoms with Crippen molar-refractivity contribution < 1.29 is 14.3 Å². The minimum atomic E-state index is -0.542. The Morgan fingerprint density at radius 2 is 2.00 bits per heavy atom. The summed E-state index contributed by atoms with van der Waals surface area (Å²) in [6.45, 7) is 5.80. The highest BCUT2D eigenvalue weighted by Gasteiger charge is 2.16. The molecule has 0 bridgehead atoms. The largest absolute Gasteiger partial charge is 0.507 e. The molecule has 0 aliphatic carbocycles. The van der Waals surface area contributed by atoms with Crippen molar-refractivity contribution in [1.29, 1.82) is 0 Å². The van der Waals surface area contributed by atoms with Crippen LogP contribution >= 0.6 is 0 Å². The standard InChI is InChI=1S/C12H16FNO2/c1-7(2)8(3)14-12(16)10-6-9(13)4-5-11(10)15/h4-8,15H,1-3H3,(H,14,16). The van der Waals surface area contributed by atoms with Crippen molar-refractivity contribution in [3.8, 4) is 5.75 Å². The SMILES string of the molecule is CC(C)C(C)NC(=O)c1cc(F)ccc1O. The summed E-state index contributed by atoms with van der Waals surface area (Å²) in [6, 6.07) is 3.27. The number of halogens is 1. The van der Waals surface area contributed by atoms with Gasteiger partial charge in [-0.2, -0.15) is 0 Å². The van der Waals surface area contributed by atoms with Gasteiger partial charge in [0.1, 0.15) is 11.6 Å². The number of hydrogen-bond acceptors (Lipinski definition) is 2. The van der Waals surface area contributed by atoms with Crippen LogP contribution in [0.5, 0.6) is 5.75 Å². The fourth-order valence-corrected chi connectivity index (χ4v) is 1.14. The molecule has 2 N–H and O–H groups in total. The van der Waals surface area contributed by atoms with Gasteiger partial charge in [-0.05, 0) is 31.0 Å². The number of amides is 1. The zero-order valence-electron chi connectivity index (χ0n) is 9.62. The molecule has 16 heavy (non-hydrogen) atoms. The van der Waals surface area contributed by atoms with E-state index < -0.39 is 11.7 Å². The first-order chi connectivity index (χ1) is 7.41. The Balaban J connectivity index is 2.84. The molecule has 0 aromatic heterocycles. The average Bonchev–Trinajstić information content (AvgIpc) is 2.21. The van der Waals surface area contributed by atoms with Crippen molar-refractivity contribution in [2.24, 2.45) is 5.92 Å². The van der Waals surface area contributed by atoms with Gasteiger partial charge in [-0.3, -0.25) is 4.79 Å². The van der Waals surface area contributed by atoms with Crippen LogP contribution in [0.15, 0.2) is 18.2 Å². The number of aromatic hydroxyl groups is 1. The molecule has 0 aliphatic rings. The van der Waals surface area contributed by atoms with Crippen LogP contribution in [-0.4, -0.2) is 17.1 Å². The average molecular weight is 225 g/mol. The Bertz CT molecular complexity index is 391. The maximum atomic E-state index is 12.9. The summed E-state index contributed by atoms with van der Waals surface area (Å²) in [5, 5.41) is 12.1. The molecule has 3 nitrogen and oxygen atoms in total. The van der Waals surface area contributed by atoms with Crippen LogP contribution in [0, 0.1) is 11.7 Å². The molecule has 0 heterocycles. The second-order valence-corrected chi connectivity index (χ2v) is 4.17. The van der Waals surface area contributed by atoms with Crippen molar-refractivity contribution in [2.45, 2.75) is 26.8 Å². The normalized spacial score (nSPS) is 12.6. The number of hydrogen-bond donors (Lipinski definition) is 2. The Labute approximate surface area is 94.3 Å². The van der Waals surface area contributed by atoms with Crippen LogP contribution < -0.4 is 5.32 Å². The van der Waals surface area contributed by atoms with Gasteiger partial charge >= 0.3 is 0 Å². The maximum Gasteiger partial charge on any atom is 0.255 e. The number of benzene rings is 1. The molecule has 0 saturated carbocycles. The lowest BCUT2D eigenvalue weighted by molar-refractivity contribution is 0.0927. The molecule has 4 heteroatoms. The van der Waals surface area contributed by atoms with Crippen LogP contribution in [0.4, 0.5) is 4.39 Å². The molecule has 0 radical (unpaired) electrons. The van der Waals surface area contributed by atoms with Gasteiger partial charge in [-0.1, -0.05) is 13.8 Å². The van der Waals surface area contributed by atoms with Gasteiger partial charge in [0.2, 0.25) is 0 Å². The van der Waals surface area contributed by atoms with Gasteiger partial charge in [-0.15, -0.1) is 0 Å². The highest BCUT2D eigenvalue weighted by atomic mass is 19.1. The van der Waals surface area contributed by atoms with E-state index in [0.717, 1.165) is 12.1 Å². The highest BCUT2D eigenvalue weighted by molar-refractivity contribution is 5.96. The Hall–Kier alpha value is -1.58. The van der Waals surface area contributed by atoms with E-state index >= 15 is 0 Å². The van der Waals surface area contributed by atoms with E-state index in [2.05, 4.69) is 5.32 Å². The molecule has 0 fully saturated rings. The van der Waals surface area contributed by atoms with E-state index in [1.807, 2.05) is 20.8 Å². The highest BCUT2D eigenvalue weighted by Crippen LogP contribution is 2.18. The van der Waals surface area contributed by atoms with Gasteiger partial charge in [0.15, 0.2) is 0 Å². The van der Waals surface area contributed by atoms with E-state index in [1.165, 1.54) is 6.07 Å². The summed E-state index contributed by atoms with van der Waals surface area (Å²) in [5.41, 5.74) is -0.0347. The molecule has 1 amide bonds. The summed E-state index contributed by atoms with van der Waals surface area (Å²) in [7, 11) is 0. The molecule has 0 spiro atoms. The molecular weight excluding hydrogens is 209 g/mol. The number of carbonyl (C=O) groups is 1. The number of carbonyl (C=O) groups excluding carboxylic acids is 1. The van der Waals surface area contributed by atoms with E-state index in [-0.39, 0.29) is 23.3 Å². The third-order valence-electron chi connectivity index (χ3n) is 2.56. The first kappa shape index (κ1) is 12.5. The first-order valence-corrected chi connectivity index (χ1v) is 5.21. The number of rotatable bonds is 3. The van der Waals surface area contributed by atoms with Gasteiger partial charge in [-0.25, -0.2) is 4.39 Å². The van der Waals surface area contributed by atoms with Crippen LogP contribution in [0.3, 0.4) is 0 Å². The van der Waals surface area contributed by atoms with E-state index in [4.69, 9.17) is 0 Å². The zero-order valence-corrected chi connectivity index (χ0v) is 9.62. The summed E-state index contributed by atoms with van der Waals surface area (Å²) in [6.07, 6.45) is 0. The van der Waals surface area contributed by atoms with Crippen LogP contribution in [0.25, 0.3) is 0 Å². The maximum absolute atomic E-state index is 12.9. The smallest absolute Gasteiger partial charge is 0.255 e. The summed E-state index contributed by atoms with van der Waals surface area (Å²) in [5.74, 6) is -0.937. The number of phenols is 1. The molecule has 1 atom stereocenters. The van der Waals surface area contributed by atoms with Gasteiger partial charge in [0.25, 0.3) is 5.91 Å². The summed E-state index contributed by atoms with van der Waals surface area (Å²) in [4.78, 5) is 11.7. The van der Waals surface area contributed by atoms with Crippen molar-refractivity contribution in [2.75, 3.05) is 0 Å². The molecule has 0 aliphatic heterocycles. The predicted octanol–water partition coefficient (Wildman–Crippen LogP) is 2.31. The predicted molar refractivity (Wildman–Crippen MR) is 59.8 cm³/mol. The van der Waals surface area contributed by atoms with E-state index in [1.54, 1.807) is 0 Å². The molecule has 1 aromatic rings. The fraction of sp³-hybridized carbons (Fsp3) is 0.417. The fourth-order valence-electron chi connectivity index (χ4n) is 1.14. The third-order valence-corrected chi connectivity index (χ3v) is 2.56. The lowest BCUT2D eigenvalue weighted by atomic mass is 10.1. The molecule has 1 aromatic carbocycles. The quantitative estimate of drug-likeness (QED) is 0.829. The number of nitrogens with one attached hydrogen (secondary N) is 1. The van der Waals surface area contributed by atoms with Crippen molar-refractivity contribution in [1.82, 2.24) is 5.32 Å². The topological polar surface area (TPSA) is 49.3 Å². The van der Waals surface area contributed by atoms with Crippen LogP contribution in [0.1, 0.15) is 31.1 Å². The van der Waals surface area contributed by atoms with Crippen molar-refractivity contribution in [3.63, 3.8) is 0 Å². The molecule has 88 valence electrons. The van der Waals surface area contributed by atoms with Gasteiger partial charge in [0, 0.05) is 6.04 Å². The molecule has 0 saturated heterocycles. The monoisotopic (exact) mass is 225 g/mol. The van der Waals surface area contributed by atoms with Gasteiger partial charge in [0.05, 0.1) is 5.56 Å². The Kier molecular flexibility index (Phi) is 3.88. The molecule has 1 rings (SSSR count). The minimum absolute atomic E-state index is 0.0323. The number of phenolic OH excluding ortho intramolecular Hbond substituents is 1. The van der Waals surface area contributed by atoms with Crippen LogP contribution in [0.2, 0.25) is 0 Å². The molecular formula is C12H16FNO2. The van der Waals surface area contributed by atoms with Crippen LogP contribution in [-0.2, 0) is 0 Å². The lowest BCUT2D eigenvalue weighted by Gasteiger charge is -2.17. The zero-order chi connectivity index (χ0) is 12.3. The summed E-state index contributed by atoms with van der Waals surface area (Å²) < 4.78 is 12.9. The first-order valence-electron chi connectivity index (χ1n) is 5.21. The third kappa shape index (κ3) is 2.95. The second kappa shape index (κ2) is 4.96. The van der Waals surface area contributed by atoms with E-state index in [9.17, 15) is 14.3 Å². The lowest BCUT2D eigenvalue weighted by Crippen LogP contribution is -2.36. The van der Waals surface area contributed by atoms with Gasteiger partial charge < -0.3 is 10.4 Å². The summed E-state index contributed by atoms with van der Waals surface area (Å²) >= 11 is 0. The molecule has 1 unspecified atom stereocenters. The van der Waals surface area contributed by atoms with Crippen molar-refractivity contribution in [3.05, 3.63) is 29.6 Å². The van der Waals surface area contributed by atoms with E-state index in [0.29, 0.717) is 0 Å². The second-order valence-electron chi connectivity index (χ2n) is 4.17. The van der Waals surface area contributed by atoms with Crippen molar-refractivity contribution >= 4 is 5.91 Å².